The first kappa shape index (κ1) is 18.4. The maximum Gasteiger partial charge on any atom is 0.409 e. The molecule has 0 saturated heterocycles. The van der Waals surface area contributed by atoms with Crippen molar-refractivity contribution in [3.63, 3.8) is 0 Å². The maximum atomic E-state index is 12.2. The number of rotatable bonds is 4. The summed E-state index contributed by atoms with van der Waals surface area (Å²) in [6.45, 7) is 0. The van der Waals surface area contributed by atoms with Crippen molar-refractivity contribution < 1.29 is 26.3 Å². The molecule has 1 nitrogen and oxygen atoms in total. The third-order valence-electron chi connectivity index (χ3n) is 1.97. The first-order valence-corrected chi connectivity index (χ1v) is 7.03. The quantitative estimate of drug-likeness (QED) is 0.280. The lowest BCUT2D eigenvalue weighted by Gasteiger charge is -2.09. The molecule has 21 heavy (non-hydrogen) atoms. The Morgan fingerprint density at radius 2 is 1.81 bits per heavy atom. The Kier molecular flexibility index (Phi) is 6.24. The number of benzene rings is 1. The van der Waals surface area contributed by atoms with Crippen LogP contribution in [-0.2, 0) is 0 Å². The summed E-state index contributed by atoms with van der Waals surface area (Å²) in [6.07, 6.45) is -8.57. The molecule has 0 aliphatic rings. The van der Waals surface area contributed by atoms with E-state index in [4.69, 9.17) is 23.2 Å². The molecular weight excluding hydrogens is 363 g/mol. The van der Waals surface area contributed by atoms with Gasteiger partial charge in [-0.2, -0.15) is 26.3 Å². The molecule has 10 heteroatoms. The van der Waals surface area contributed by atoms with Crippen molar-refractivity contribution in [1.82, 2.24) is 0 Å². The smallest absolute Gasteiger partial charge is 0.259 e. The Morgan fingerprint density at radius 3 is 2.33 bits per heavy atom. The Balaban J connectivity index is 2.84. The van der Waals surface area contributed by atoms with Gasteiger partial charge in [0.05, 0.1) is 16.5 Å². The van der Waals surface area contributed by atoms with E-state index in [2.05, 4.69) is 4.99 Å². The summed E-state index contributed by atoms with van der Waals surface area (Å²) in [5.41, 5.74) is 0.0268. The number of hydrogen-bond donors (Lipinski definition) is 0. The van der Waals surface area contributed by atoms with E-state index >= 15 is 0 Å². The van der Waals surface area contributed by atoms with Gasteiger partial charge in [0.1, 0.15) is 0 Å². The van der Waals surface area contributed by atoms with Gasteiger partial charge in [0.15, 0.2) is 5.38 Å². The monoisotopic (exact) mass is 369 g/mol. The highest BCUT2D eigenvalue weighted by molar-refractivity contribution is 7.99. The highest BCUT2D eigenvalue weighted by atomic mass is 35.5. The van der Waals surface area contributed by atoms with E-state index in [-0.39, 0.29) is 15.6 Å². The highest BCUT2D eigenvalue weighted by Crippen LogP contribution is 2.34. The van der Waals surface area contributed by atoms with Crippen LogP contribution in [0, 0.1) is 0 Å². The minimum absolute atomic E-state index is 0.0268. The van der Waals surface area contributed by atoms with Crippen LogP contribution in [-0.4, -0.2) is 29.7 Å². The normalized spacial score (nSPS) is 14.7. The van der Waals surface area contributed by atoms with Gasteiger partial charge >= 0.3 is 12.4 Å². The summed E-state index contributed by atoms with van der Waals surface area (Å²) >= 11 is 11.2. The number of hydrogen-bond acceptors (Lipinski definition) is 2. The van der Waals surface area contributed by atoms with Crippen LogP contribution in [0.5, 0.6) is 0 Å². The lowest BCUT2D eigenvalue weighted by molar-refractivity contribution is -0.117. The van der Waals surface area contributed by atoms with Gasteiger partial charge < -0.3 is 0 Å². The van der Waals surface area contributed by atoms with Gasteiger partial charge in [-0.15, -0.1) is 23.4 Å². The van der Waals surface area contributed by atoms with Crippen LogP contribution in [0.4, 0.5) is 32.0 Å². The van der Waals surface area contributed by atoms with Gasteiger partial charge in [-0.3, -0.25) is 4.99 Å². The third kappa shape index (κ3) is 6.80. The molecule has 0 spiro atoms. The first-order valence-electron chi connectivity index (χ1n) is 5.23. The third-order valence-corrected chi connectivity index (χ3v) is 3.90. The number of thioether (sulfide) groups is 1. The highest BCUT2D eigenvalue weighted by Gasteiger charge is 2.36. The van der Waals surface area contributed by atoms with Crippen LogP contribution in [0.1, 0.15) is 0 Å². The SMILES string of the molecule is FC(F)(F)CSc1cc(N=CC(Cl)C(F)(F)F)ccc1Cl. The summed E-state index contributed by atoms with van der Waals surface area (Å²) in [4.78, 5) is 3.56. The Bertz CT molecular complexity index is 514. The summed E-state index contributed by atoms with van der Waals surface area (Å²) in [5.74, 6) is -1.17. The van der Waals surface area contributed by atoms with E-state index in [1.807, 2.05) is 0 Å². The number of nitrogens with zero attached hydrogens (tertiary/aromatic N) is 1. The van der Waals surface area contributed by atoms with Crippen molar-refractivity contribution in [2.24, 2.45) is 4.99 Å². The second-order valence-corrected chi connectivity index (χ2v) is 5.63. The van der Waals surface area contributed by atoms with E-state index in [0.29, 0.717) is 18.0 Å². The molecule has 0 amide bonds. The standard InChI is InChI=1S/C11H7Cl2F6NS/c12-7-2-1-6(20-4-9(13)11(17,18)19)3-8(7)21-5-10(14,15)16/h1-4,9H,5H2. The molecular formula is C11H7Cl2F6NS. The number of aliphatic imine (C=N–C) groups is 1. The molecule has 1 unspecified atom stereocenters. The molecule has 0 aromatic heterocycles. The zero-order valence-electron chi connectivity index (χ0n) is 9.97. The van der Waals surface area contributed by atoms with Gasteiger partial charge in [0.2, 0.25) is 0 Å². The molecule has 0 bridgehead atoms. The summed E-state index contributed by atoms with van der Waals surface area (Å²) < 4.78 is 72.9. The lowest BCUT2D eigenvalue weighted by Crippen LogP contribution is -2.24. The van der Waals surface area contributed by atoms with E-state index in [9.17, 15) is 26.3 Å². The van der Waals surface area contributed by atoms with Crippen molar-refractivity contribution >= 4 is 46.9 Å². The van der Waals surface area contributed by atoms with Crippen molar-refractivity contribution in [3.05, 3.63) is 23.2 Å². The molecule has 0 N–H and O–H groups in total. The van der Waals surface area contributed by atoms with E-state index in [1.54, 1.807) is 0 Å². The minimum Gasteiger partial charge on any atom is -0.259 e. The summed E-state index contributed by atoms with van der Waals surface area (Å²) in [6, 6.07) is 3.69. The van der Waals surface area contributed by atoms with Crippen LogP contribution >= 0.6 is 35.0 Å². The van der Waals surface area contributed by atoms with Gasteiger partial charge in [-0.25, -0.2) is 0 Å². The number of halogens is 8. The van der Waals surface area contributed by atoms with Crippen molar-refractivity contribution in [1.29, 1.82) is 0 Å². The van der Waals surface area contributed by atoms with Gasteiger partial charge in [-0.1, -0.05) is 11.6 Å². The average molecular weight is 370 g/mol. The molecule has 0 aliphatic carbocycles. The Hall–Kier alpha value is -0.600. The lowest BCUT2D eigenvalue weighted by atomic mass is 10.3. The largest absolute Gasteiger partial charge is 0.409 e. The molecule has 0 saturated carbocycles. The topological polar surface area (TPSA) is 12.4 Å². The number of alkyl halides is 7. The fourth-order valence-corrected chi connectivity index (χ4v) is 2.15. The average Bonchev–Trinajstić information content (AvgIpc) is 2.33. The molecule has 0 fully saturated rings. The predicted molar refractivity (Wildman–Crippen MR) is 72.1 cm³/mol. The molecule has 0 radical (unpaired) electrons. The molecule has 0 heterocycles. The molecule has 1 aromatic rings. The molecule has 118 valence electrons. The first-order chi connectivity index (χ1) is 9.49. The zero-order valence-corrected chi connectivity index (χ0v) is 12.3. The van der Waals surface area contributed by atoms with Crippen LogP contribution in [0.2, 0.25) is 5.02 Å². The van der Waals surface area contributed by atoms with Gasteiger partial charge in [0, 0.05) is 11.1 Å². The Labute approximate surface area is 130 Å². The van der Waals surface area contributed by atoms with Gasteiger partial charge in [-0.05, 0) is 18.2 Å². The van der Waals surface area contributed by atoms with Crippen molar-refractivity contribution in [3.8, 4) is 0 Å². The maximum absolute atomic E-state index is 12.2. The van der Waals surface area contributed by atoms with E-state index < -0.39 is 23.5 Å². The van der Waals surface area contributed by atoms with Gasteiger partial charge in [0.25, 0.3) is 0 Å². The minimum atomic E-state index is -4.65. The molecule has 1 rings (SSSR count). The summed E-state index contributed by atoms with van der Waals surface area (Å²) in [5, 5.41) is -2.22. The van der Waals surface area contributed by atoms with Crippen molar-refractivity contribution in [2.75, 3.05) is 5.75 Å². The second kappa shape index (κ2) is 7.11. The fourth-order valence-electron chi connectivity index (χ4n) is 1.08. The van der Waals surface area contributed by atoms with Crippen molar-refractivity contribution in [2.45, 2.75) is 22.6 Å². The van der Waals surface area contributed by atoms with Crippen LogP contribution in [0.15, 0.2) is 28.1 Å². The van der Waals surface area contributed by atoms with E-state index in [1.165, 1.54) is 12.1 Å². The second-order valence-electron chi connectivity index (χ2n) is 3.74. The van der Waals surface area contributed by atoms with Crippen LogP contribution in [0.3, 0.4) is 0 Å². The fraction of sp³-hybridized carbons (Fsp3) is 0.364. The molecule has 0 aliphatic heterocycles. The molecule has 1 atom stereocenters. The zero-order chi connectivity index (χ0) is 16.3. The predicted octanol–water partition coefficient (Wildman–Crippen LogP) is 5.87. The van der Waals surface area contributed by atoms with Crippen LogP contribution in [0.25, 0.3) is 0 Å². The van der Waals surface area contributed by atoms with E-state index in [0.717, 1.165) is 6.07 Å². The molecule has 1 aromatic carbocycles. The summed E-state index contributed by atoms with van der Waals surface area (Å²) in [7, 11) is 0. The Morgan fingerprint density at radius 1 is 1.19 bits per heavy atom. The van der Waals surface area contributed by atoms with Crippen LogP contribution < -0.4 is 0 Å².